The quantitative estimate of drug-likeness (QED) is 0.639. The molecule has 5 nitrogen and oxygen atoms in total. The highest BCUT2D eigenvalue weighted by Gasteiger charge is 2.34. The van der Waals surface area contributed by atoms with Crippen molar-refractivity contribution in [3.63, 3.8) is 0 Å². The first kappa shape index (κ1) is 9.65. The molecule has 0 atom stereocenters. The number of nitrogens with one attached hydrogen (secondary N) is 1. The van der Waals surface area contributed by atoms with Crippen LogP contribution in [0.4, 0.5) is 13.2 Å². The lowest BCUT2D eigenvalue weighted by atomic mass is 10.4. The molecule has 1 aromatic rings. The van der Waals surface area contributed by atoms with Crippen molar-refractivity contribution in [2.45, 2.75) is 12.7 Å². The van der Waals surface area contributed by atoms with Crippen molar-refractivity contribution in [2.75, 3.05) is 0 Å². The minimum Gasteiger partial charge on any atom is -0.325 e. The summed E-state index contributed by atoms with van der Waals surface area (Å²) in [5.74, 6) is -1.42. The van der Waals surface area contributed by atoms with E-state index in [1.54, 1.807) is 0 Å². The van der Waals surface area contributed by atoms with Gasteiger partial charge < -0.3 is 5.73 Å². The largest absolute Gasteiger partial charge is 0.451 e. The first-order valence-corrected chi connectivity index (χ1v) is 3.18. The maximum Gasteiger partial charge on any atom is 0.451 e. The van der Waals surface area contributed by atoms with Gasteiger partial charge in [0.25, 0.3) is 5.56 Å². The molecule has 0 unspecified atom stereocenters. The maximum atomic E-state index is 11.9. The summed E-state index contributed by atoms with van der Waals surface area (Å²) >= 11 is 0. The Hall–Kier alpha value is -1.44. The molecule has 72 valence electrons. The number of halogens is 3. The molecule has 0 aliphatic rings. The average molecular weight is 194 g/mol. The molecule has 0 aromatic carbocycles. The van der Waals surface area contributed by atoms with Crippen LogP contribution >= 0.6 is 0 Å². The van der Waals surface area contributed by atoms with Gasteiger partial charge in [0, 0.05) is 6.54 Å². The number of nitrogens with zero attached hydrogens (tertiary/aromatic N) is 2. The van der Waals surface area contributed by atoms with Crippen LogP contribution in [-0.2, 0) is 12.7 Å². The van der Waals surface area contributed by atoms with E-state index in [1.165, 1.54) is 4.98 Å². The monoisotopic (exact) mass is 194 g/mol. The van der Waals surface area contributed by atoms with E-state index < -0.39 is 17.6 Å². The molecule has 0 bridgehead atoms. The molecule has 8 heteroatoms. The van der Waals surface area contributed by atoms with Crippen molar-refractivity contribution in [1.29, 1.82) is 0 Å². The number of H-pyrrole nitrogens is 1. The minimum atomic E-state index is -4.70. The van der Waals surface area contributed by atoms with Crippen molar-refractivity contribution in [1.82, 2.24) is 15.2 Å². The number of nitrogens with two attached hydrogens (primary N) is 1. The van der Waals surface area contributed by atoms with Crippen LogP contribution in [-0.4, -0.2) is 15.2 Å². The second-order valence-corrected chi connectivity index (χ2v) is 2.15. The normalized spacial score (nSPS) is 11.7. The molecular formula is C5H5F3N4O. The highest BCUT2D eigenvalue weighted by molar-refractivity contribution is 4.96. The van der Waals surface area contributed by atoms with Gasteiger partial charge in [0.05, 0.1) is 0 Å². The summed E-state index contributed by atoms with van der Waals surface area (Å²) in [7, 11) is 0. The van der Waals surface area contributed by atoms with E-state index in [-0.39, 0.29) is 12.2 Å². The number of aromatic nitrogens is 3. The van der Waals surface area contributed by atoms with Crippen LogP contribution in [0.2, 0.25) is 0 Å². The fourth-order valence-electron chi connectivity index (χ4n) is 0.622. The van der Waals surface area contributed by atoms with Gasteiger partial charge in [0.2, 0.25) is 5.82 Å². The second-order valence-electron chi connectivity index (χ2n) is 2.15. The third-order valence-corrected chi connectivity index (χ3v) is 1.23. The van der Waals surface area contributed by atoms with E-state index in [1.807, 2.05) is 0 Å². The summed E-state index contributed by atoms with van der Waals surface area (Å²) in [4.78, 5) is 12.3. The Kier molecular flexibility index (Phi) is 2.32. The van der Waals surface area contributed by atoms with E-state index in [2.05, 4.69) is 10.2 Å². The Morgan fingerprint density at radius 3 is 2.38 bits per heavy atom. The van der Waals surface area contributed by atoms with Gasteiger partial charge in [0.1, 0.15) is 5.69 Å². The van der Waals surface area contributed by atoms with E-state index in [4.69, 9.17) is 5.73 Å². The summed E-state index contributed by atoms with van der Waals surface area (Å²) < 4.78 is 35.7. The second kappa shape index (κ2) is 3.13. The third-order valence-electron chi connectivity index (χ3n) is 1.23. The molecule has 0 fully saturated rings. The van der Waals surface area contributed by atoms with E-state index in [0.29, 0.717) is 0 Å². The van der Waals surface area contributed by atoms with Crippen molar-refractivity contribution in [3.05, 3.63) is 21.9 Å². The van der Waals surface area contributed by atoms with Crippen molar-refractivity contribution in [2.24, 2.45) is 5.73 Å². The molecule has 0 saturated carbocycles. The molecule has 1 heterocycles. The molecule has 1 aromatic heterocycles. The van der Waals surface area contributed by atoms with Crippen LogP contribution in [0.5, 0.6) is 0 Å². The van der Waals surface area contributed by atoms with E-state index in [9.17, 15) is 18.0 Å². The number of hydrogen-bond acceptors (Lipinski definition) is 4. The predicted octanol–water partition coefficient (Wildman–Crippen LogP) is -0.358. The molecule has 0 saturated heterocycles. The molecule has 0 amide bonds. The molecule has 3 N–H and O–H groups in total. The fraction of sp³-hybridized carbons (Fsp3) is 0.400. The van der Waals surface area contributed by atoms with Gasteiger partial charge in [-0.05, 0) is 0 Å². The first-order chi connectivity index (χ1) is 5.95. The number of hydrogen-bond donors (Lipinski definition) is 2. The summed E-state index contributed by atoms with van der Waals surface area (Å²) in [6.07, 6.45) is -4.70. The van der Waals surface area contributed by atoms with Crippen LogP contribution in [0.3, 0.4) is 0 Å². The Balaban J connectivity index is 3.18. The standard InChI is InChI=1S/C5H5F3N4O/c6-5(7,8)4-10-3(13)2(1-9)11-12-4/h1,9H2,(H,10,12,13). The first-order valence-electron chi connectivity index (χ1n) is 3.18. The van der Waals surface area contributed by atoms with E-state index >= 15 is 0 Å². The Morgan fingerprint density at radius 2 is 2.00 bits per heavy atom. The zero-order valence-corrected chi connectivity index (χ0v) is 6.22. The molecule has 0 spiro atoms. The number of alkyl halides is 3. The molecule has 0 aliphatic heterocycles. The average Bonchev–Trinajstić information content (AvgIpc) is 2.02. The summed E-state index contributed by atoms with van der Waals surface area (Å²) in [5.41, 5.74) is 3.81. The van der Waals surface area contributed by atoms with Gasteiger partial charge in [-0.3, -0.25) is 9.78 Å². The lowest BCUT2D eigenvalue weighted by molar-refractivity contribution is -0.145. The van der Waals surface area contributed by atoms with Crippen LogP contribution in [0.1, 0.15) is 11.5 Å². The number of rotatable bonds is 1. The molecule has 13 heavy (non-hydrogen) atoms. The molecule has 1 rings (SSSR count). The van der Waals surface area contributed by atoms with Crippen LogP contribution in [0.25, 0.3) is 0 Å². The lowest BCUT2D eigenvalue weighted by Crippen LogP contribution is -2.25. The van der Waals surface area contributed by atoms with E-state index in [0.717, 1.165) is 0 Å². The van der Waals surface area contributed by atoms with Gasteiger partial charge in [0.15, 0.2) is 0 Å². The Labute approximate surface area is 69.8 Å². The minimum absolute atomic E-state index is 0.229. The zero-order valence-electron chi connectivity index (χ0n) is 6.22. The van der Waals surface area contributed by atoms with Gasteiger partial charge >= 0.3 is 6.18 Å². The highest BCUT2D eigenvalue weighted by atomic mass is 19.4. The topological polar surface area (TPSA) is 84.7 Å². The SMILES string of the molecule is NCc1nnc(C(F)(F)F)[nH]c1=O. The molecular weight excluding hydrogens is 189 g/mol. The molecule has 0 radical (unpaired) electrons. The molecule has 0 aliphatic carbocycles. The summed E-state index contributed by atoms with van der Waals surface area (Å²) in [6, 6.07) is 0. The third kappa shape index (κ3) is 2.02. The van der Waals surface area contributed by atoms with Gasteiger partial charge in [-0.1, -0.05) is 0 Å². The predicted molar refractivity (Wildman–Crippen MR) is 35.5 cm³/mol. The van der Waals surface area contributed by atoms with Crippen molar-refractivity contribution in [3.8, 4) is 0 Å². The van der Waals surface area contributed by atoms with Gasteiger partial charge in [-0.25, -0.2) is 0 Å². The summed E-state index contributed by atoms with van der Waals surface area (Å²) in [6.45, 7) is -0.250. The maximum absolute atomic E-state index is 11.9. The summed E-state index contributed by atoms with van der Waals surface area (Å²) in [5, 5.41) is 5.80. The van der Waals surface area contributed by atoms with Crippen LogP contribution < -0.4 is 11.3 Å². The smallest absolute Gasteiger partial charge is 0.325 e. The van der Waals surface area contributed by atoms with Crippen molar-refractivity contribution < 1.29 is 13.2 Å². The van der Waals surface area contributed by atoms with Gasteiger partial charge in [-0.2, -0.15) is 13.2 Å². The zero-order chi connectivity index (χ0) is 10.1. The lowest BCUT2D eigenvalue weighted by Gasteiger charge is -2.03. The van der Waals surface area contributed by atoms with Crippen molar-refractivity contribution >= 4 is 0 Å². The highest BCUT2D eigenvalue weighted by Crippen LogP contribution is 2.24. The van der Waals surface area contributed by atoms with Gasteiger partial charge in [-0.15, -0.1) is 10.2 Å². The fourth-order valence-corrected chi connectivity index (χ4v) is 0.622. The van der Waals surface area contributed by atoms with Crippen LogP contribution in [0.15, 0.2) is 4.79 Å². The van der Waals surface area contributed by atoms with Crippen LogP contribution in [0, 0.1) is 0 Å². The Morgan fingerprint density at radius 1 is 1.38 bits per heavy atom. The Bertz CT molecular complexity index is 358. The number of aromatic amines is 1.